The summed E-state index contributed by atoms with van der Waals surface area (Å²) in [5.41, 5.74) is 0.593. The number of rotatable bonds is 5. The Balaban J connectivity index is 1.43. The molecule has 0 atom stereocenters. The number of hydrogen-bond acceptors (Lipinski definition) is 7. The van der Waals surface area contributed by atoms with Gasteiger partial charge in [-0.2, -0.15) is 9.29 Å². The van der Waals surface area contributed by atoms with Crippen LogP contribution in [0.4, 0.5) is 5.69 Å². The van der Waals surface area contributed by atoms with Gasteiger partial charge in [0.2, 0.25) is 21.7 Å². The predicted molar refractivity (Wildman–Crippen MR) is 109 cm³/mol. The quantitative estimate of drug-likeness (QED) is 0.429. The highest BCUT2D eigenvalue weighted by Crippen LogP contribution is 2.31. The normalized spacial score (nSPS) is 15.9. The molecule has 0 radical (unpaired) electrons. The van der Waals surface area contributed by atoms with Gasteiger partial charge in [-0.15, -0.1) is 0 Å². The maximum absolute atomic E-state index is 12.8. The lowest BCUT2D eigenvalue weighted by molar-refractivity contribution is -0.384. The highest BCUT2D eigenvalue weighted by Gasteiger charge is 2.32. The number of halogens is 1. The van der Waals surface area contributed by atoms with Crippen molar-refractivity contribution in [3.63, 3.8) is 0 Å². The molecule has 9 nitrogen and oxygen atoms in total. The Morgan fingerprint density at radius 2 is 1.70 bits per heavy atom. The number of nitro groups is 1. The Labute approximate surface area is 177 Å². The van der Waals surface area contributed by atoms with Gasteiger partial charge in [-0.1, -0.05) is 16.8 Å². The molecule has 0 amide bonds. The third-order valence-electron chi connectivity index (χ3n) is 5.03. The molecule has 2 heterocycles. The van der Waals surface area contributed by atoms with Gasteiger partial charge in [-0.25, -0.2) is 8.42 Å². The smallest absolute Gasteiger partial charge is 0.269 e. The number of nitro benzene ring substituents is 1. The summed E-state index contributed by atoms with van der Waals surface area (Å²) in [5.74, 6) is 0.726. The summed E-state index contributed by atoms with van der Waals surface area (Å²) in [5, 5.41) is 15.2. The van der Waals surface area contributed by atoms with E-state index in [0.29, 0.717) is 48.2 Å². The fourth-order valence-corrected chi connectivity index (χ4v) is 4.94. The van der Waals surface area contributed by atoms with Crippen LogP contribution in [0, 0.1) is 10.1 Å². The van der Waals surface area contributed by atoms with E-state index in [1.165, 1.54) is 28.6 Å². The molecule has 1 saturated heterocycles. The van der Waals surface area contributed by atoms with Crippen molar-refractivity contribution in [1.82, 2.24) is 14.4 Å². The van der Waals surface area contributed by atoms with E-state index in [1.807, 2.05) is 0 Å². The summed E-state index contributed by atoms with van der Waals surface area (Å²) in [7, 11) is -3.58. The molecule has 30 heavy (non-hydrogen) atoms. The molecule has 0 bridgehead atoms. The number of sulfonamides is 1. The van der Waals surface area contributed by atoms with E-state index >= 15 is 0 Å². The zero-order valence-corrected chi connectivity index (χ0v) is 17.2. The maximum atomic E-state index is 12.8. The summed E-state index contributed by atoms with van der Waals surface area (Å²) in [4.78, 5) is 14.9. The van der Waals surface area contributed by atoms with E-state index in [2.05, 4.69) is 10.1 Å². The SMILES string of the molecule is O=[N+]([O-])c1ccc(-c2noc(C3CCN(S(=O)(=O)c4ccc(Cl)cc4)CC3)n2)cc1. The van der Waals surface area contributed by atoms with Crippen molar-refractivity contribution in [2.24, 2.45) is 0 Å². The van der Waals surface area contributed by atoms with Gasteiger partial charge in [0.05, 0.1) is 9.82 Å². The van der Waals surface area contributed by atoms with E-state index < -0.39 is 14.9 Å². The average Bonchev–Trinajstić information content (AvgIpc) is 3.24. The van der Waals surface area contributed by atoms with Crippen LogP contribution >= 0.6 is 11.6 Å². The zero-order chi connectivity index (χ0) is 21.3. The molecule has 11 heteroatoms. The van der Waals surface area contributed by atoms with Crippen LogP contribution in [0.25, 0.3) is 11.4 Å². The number of hydrogen-bond donors (Lipinski definition) is 0. The van der Waals surface area contributed by atoms with Crippen molar-refractivity contribution in [1.29, 1.82) is 0 Å². The van der Waals surface area contributed by atoms with E-state index in [9.17, 15) is 18.5 Å². The zero-order valence-electron chi connectivity index (χ0n) is 15.6. The Morgan fingerprint density at radius 3 is 2.30 bits per heavy atom. The van der Waals surface area contributed by atoms with Crippen LogP contribution in [0.15, 0.2) is 57.9 Å². The van der Waals surface area contributed by atoms with Crippen LogP contribution in [-0.4, -0.2) is 40.9 Å². The first-order valence-electron chi connectivity index (χ1n) is 9.19. The molecule has 0 aliphatic carbocycles. The Bertz CT molecular complexity index is 1150. The lowest BCUT2D eigenvalue weighted by Gasteiger charge is -2.29. The fraction of sp³-hybridized carbons (Fsp3) is 0.263. The third kappa shape index (κ3) is 4.07. The number of piperidine rings is 1. The Morgan fingerprint density at radius 1 is 1.07 bits per heavy atom. The molecular weight excluding hydrogens is 432 g/mol. The summed E-state index contributed by atoms with van der Waals surface area (Å²) in [6.45, 7) is 0.676. The second kappa shape index (κ2) is 8.13. The van der Waals surface area contributed by atoms with Gasteiger partial charge in [-0.05, 0) is 49.2 Å². The Hall–Kier alpha value is -2.82. The van der Waals surface area contributed by atoms with Crippen molar-refractivity contribution in [3.8, 4) is 11.4 Å². The van der Waals surface area contributed by atoms with E-state index in [-0.39, 0.29) is 16.5 Å². The number of nitrogens with zero attached hydrogens (tertiary/aromatic N) is 4. The first-order valence-corrected chi connectivity index (χ1v) is 11.0. The van der Waals surface area contributed by atoms with E-state index in [4.69, 9.17) is 16.1 Å². The highest BCUT2D eigenvalue weighted by atomic mass is 35.5. The van der Waals surface area contributed by atoms with Crippen LogP contribution in [0.3, 0.4) is 0 Å². The molecule has 1 aliphatic rings. The summed E-state index contributed by atoms with van der Waals surface area (Å²) >= 11 is 5.84. The molecule has 4 rings (SSSR count). The van der Waals surface area contributed by atoms with Gasteiger partial charge in [-0.3, -0.25) is 10.1 Å². The van der Waals surface area contributed by atoms with Crippen LogP contribution in [-0.2, 0) is 10.0 Å². The fourth-order valence-electron chi connectivity index (χ4n) is 3.35. The topological polar surface area (TPSA) is 119 Å². The van der Waals surface area contributed by atoms with Crippen LogP contribution in [0.5, 0.6) is 0 Å². The maximum Gasteiger partial charge on any atom is 0.269 e. The van der Waals surface area contributed by atoms with E-state index in [0.717, 1.165) is 0 Å². The van der Waals surface area contributed by atoms with Crippen LogP contribution in [0.2, 0.25) is 5.02 Å². The van der Waals surface area contributed by atoms with Gasteiger partial charge in [0.1, 0.15) is 0 Å². The Kier molecular flexibility index (Phi) is 5.54. The lowest BCUT2D eigenvalue weighted by Crippen LogP contribution is -2.37. The summed E-state index contributed by atoms with van der Waals surface area (Å²) < 4.78 is 32.4. The average molecular weight is 449 g/mol. The highest BCUT2D eigenvalue weighted by molar-refractivity contribution is 7.89. The lowest BCUT2D eigenvalue weighted by atomic mass is 9.98. The molecule has 1 aromatic heterocycles. The molecule has 0 N–H and O–H groups in total. The van der Waals surface area contributed by atoms with Gasteiger partial charge >= 0.3 is 0 Å². The van der Waals surface area contributed by atoms with Crippen molar-refractivity contribution in [3.05, 3.63) is 69.6 Å². The second-order valence-corrected chi connectivity index (χ2v) is 9.27. The minimum atomic E-state index is -3.58. The van der Waals surface area contributed by atoms with Crippen LogP contribution < -0.4 is 0 Å². The van der Waals surface area contributed by atoms with Crippen LogP contribution in [0.1, 0.15) is 24.7 Å². The summed E-state index contributed by atoms with van der Waals surface area (Å²) in [6.07, 6.45) is 1.10. The molecule has 2 aromatic carbocycles. The number of benzene rings is 2. The van der Waals surface area contributed by atoms with Gasteiger partial charge in [0.25, 0.3) is 5.69 Å². The largest absolute Gasteiger partial charge is 0.339 e. The minimum Gasteiger partial charge on any atom is -0.339 e. The van der Waals surface area contributed by atoms with Gasteiger partial charge < -0.3 is 4.52 Å². The molecular formula is C19H17ClN4O5S. The van der Waals surface area contributed by atoms with Crippen molar-refractivity contribution < 1.29 is 17.9 Å². The molecule has 1 fully saturated rings. The molecule has 3 aromatic rings. The van der Waals surface area contributed by atoms with Crippen molar-refractivity contribution >= 4 is 27.3 Å². The molecule has 1 aliphatic heterocycles. The van der Waals surface area contributed by atoms with Gasteiger partial charge in [0, 0.05) is 41.7 Å². The number of aromatic nitrogens is 2. The van der Waals surface area contributed by atoms with Gasteiger partial charge in [0.15, 0.2) is 0 Å². The molecule has 0 unspecified atom stereocenters. The molecule has 0 saturated carbocycles. The minimum absolute atomic E-state index is 0.0169. The molecule has 0 spiro atoms. The summed E-state index contributed by atoms with van der Waals surface area (Å²) in [6, 6.07) is 12.0. The molecule has 156 valence electrons. The predicted octanol–water partition coefficient (Wildman–Crippen LogP) is 3.87. The number of non-ortho nitro benzene ring substituents is 1. The standard InChI is InChI=1S/C19H17ClN4O5S/c20-15-3-7-17(8-4-15)30(27,28)23-11-9-14(10-12-23)19-21-18(22-29-19)13-1-5-16(6-2-13)24(25)26/h1-8,14H,9-12H2. The third-order valence-corrected chi connectivity index (χ3v) is 7.20. The van der Waals surface area contributed by atoms with E-state index in [1.54, 1.807) is 24.3 Å². The monoisotopic (exact) mass is 448 g/mol. The second-order valence-electron chi connectivity index (χ2n) is 6.89. The van der Waals surface area contributed by atoms with Crippen molar-refractivity contribution in [2.75, 3.05) is 13.1 Å². The first-order chi connectivity index (χ1) is 14.3. The van der Waals surface area contributed by atoms with Crippen molar-refractivity contribution in [2.45, 2.75) is 23.7 Å². The first kappa shape index (κ1) is 20.5.